The molecule has 3 heteroatoms. The van der Waals surface area contributed by atoms with Crippen molar-refractivity contribution in [2.45, 2.75) is 6.92 Å². The number of nitrogen functional groups attached to an aromatic ring is 1. The van der Waals surface area contributed by atoms with Crippen LogP contribution in [0.2, 0.25) is 0 Å². The fourth-order valence-electron chi connectivity index (χ4n) is 0.913. The first kappa shape index (κ1) is 9.32. The van der Waals surface area contributed by atoms with Crippen molar-refractivity contribution in [2.24, 2.45) is 5.73 Å². The number of nitrogens with two attached hydrogens (primary N) is 2. The summed E-state index contributed by atoms with van der Waals surface area (Å²) in [4.78, 5) is 10.7. The Morgan fingerprint density at radius 3 is 2.31 bits per heavy atom. The molecule has 0 fully saturated rings. The third-order valence-corrected chi connectivity index (χ3v) is 1.71. The van der Waals surface area contributed by atoms with Gasteiger partial charge in [0.05, 0.1) is 0 Å². The maximum Gasteiger partial charge on any atom is 0.244 e. The summed E-state index contributed by atoms with van der Waals surface area (Å²) in [7, 11) is 0. The van der Waals surface area contributed by atoms with Gasteiger partial charge in [0.15, 0.2) is 0 Å². The molecule has 0 aromatic heterocycles. The van der Waals surface area contributed by atoms with Gasteiger partial charge in [0.25, 0.3) is 0 Å². The van der Waals surface area contributed by atoms with Gasteiger partial charge in [-0.15, -0.1) is 0 Å². The zero-order valence-corrected chi connectivity index (χ0v) is 7.45. The highest BCUT2D eigenvalue weighted by Crippen LogP contribution is 2.09. The van der Waals surface area contributed by atoms with Crippen LogP contribution < -0.4 is 11.5 Å². The summed E-state index contributed by atoms with van der Waals surface area (Å²) in [6.45, 7) is 1.68. The van der Waals surface area contributed by atoms with E-state index in [0.29, 0.717) is 11.3 Å². The van der Waals surface area contributed by atoms with Crippen molar-refractivity contribution in [2.75, 3.05) is 5.73 Å². The Balaban J connectivity index is 2.92. The Hall–Kier alpha value is -1.77. The first-order chi connectivity index (χ1) is 6.09. The molecule has 0 saturated heterocycles. The van der Waals surface area contributed by atoms with E-state index in [9.17, 15) is 4.79 Å². The normalized spacial score (nSPS) is 11.3. The first-order valence-corrected chi connectivity index (χ1v) is 3.93. The number of primary amides is 1. The Bertz CT molecular complexity index is 338. The van der Waals surface area contributed by atoms with Crippen molar-refractivity contribution in [3.05, 3.63) is 35.4 Å². The Morgan fingerprint density at radius 1 is 1.31 bits per heavy atom. The number of carbonyl (C=O) groups is 1. The van der Waals surface area contributed by atoms with E-state index < -0.39 is 5.91 Å². The fourth-order valence-corrected chi connectivity index (χ4v) is 0.913. The van der Waals surface area contributed by atoms with Gasteiger partial charge in [-0.1, -0.05) is 12.1 Å². The number of anilines is 1. The maximum absolute atomic E-state index is 10.7. The van der Waals surface area contributed by atoms with Gasteiger partial charge in [-0.05, 0) is 30.7 Å². The molecule has 0 aliphatic heterocycles. The van der Waals surface area contributed by atoms with E-state index in [2.05, 4.69) is 0 Å². The molecule has 4 N–H and O–H groups in total. The van der Waals surface area contributed by atoms with Gasteiger partial charge in [0.1, 0.15) is 0 Å². The average molecular weight is 176 g/mol. The minimum atomic E-state index is -0.406. The highest BCUT2D eigenvalue weighted by atomic mass is 16.1. The molecule has 1 aromatic carbocycles. The second kappa shape index (κ2) is 3.76. The molecule has 1 rings (SSSR count). The molecule has 0 spiro atoms. The molecule has 0 atom stereocenters. The molecule has 0 saturated carbocycles. The van der Waals surface area contributed by atoms with Crippen molar-refractivity contribution < 1.29 is 4.79 Å². The minimum absolute atomic E-state index is 0.406. The highest BCUT2D eigenvalue weighted by molar-refractivity contribution is 5.95. The predicted molar refractivity (Wildman–Crippen MR) is 53.7 cm³/mol. The molecule has 0 aliphatic carbocycles. The van der Waals surface area contributed by atoms with Crippen molar-refractivity contribution >= 4 is 17.7 Å². The summed E-state index contributed by atoms with van der Waals surface area (Å²) in [5.74, 6) is -0.406. The molecular formula is C10H12N2O. The first-order valence-electron chi connectivity index (χ1n) is 3.93. The summed E-state index contributed by atoms with van der Waals surface area (Å²) in [5, 5.41) is 0. The number of carbonyl (C=O) groups excluding carboxylic acids is 1. The SMILES string of the molecule is C/C(=C\c1ccc(N)cc1)C(N)=O. The molecular weight excluding hydrogens is 164 g/mol. The molecule has 13 heavy (non-hydrogen) atoms. The summed E-state index contributed by atoms with van der Waals surface area (Å²) in [5.41, 5.74) is 12.7. The topological polar surface area (TPSA) is 69.1 Å². The van der Waals surface area contributed by atoms with Crippen LogP contribution in [0.5, 0.6) is 0 Å². The van der Waals surface area contributed by atoms with Gasteiger partial charge in [-0.25, -0.2) is 0 Å². The fraction of sp³-hybridized carbons (Fsp3) is 0.100. The van der Waals surface area contributed by atoms with Crippen molar-refractivity contribution in [3.63, 3.8) is 0 Å². The van der Waals surface area contributed by atoms with Gasteiger partial charge in [-0.3, -0.25) is 4.79 Å². The van der Waals surface area contributed by atoms with Crippen LogP contribution in [0.25, 0.3) is 6.08 Å². The molecule has 0 bridgehead atoms. The molecule has 3 nitrogen and oxygen atoms in total. The van der Waals surface area contributed by atoms with E-state index in [0.717, 1.165) is 5.56 Å². The standard InChI is InChI=1S/C10H12N2O/c1-7(10(12)13)6-8-2-4-9(11)5-3-8/h2-6H,11H2,1H3,(H2,12,13)/b7-6+. The average Bonchev–Trinajstić information content (AvgIpc) is 2.08. The van der Waals surface area contributed by atoms with Gasteiger partial charge < -0.3 is 11.5 Å². The maximum atomic E-state index is 10.7. The van der Waals surface area contributed by atoms with Crippen LogP contribution in [0.3, 0.4) is 0 Å². The van der Waals surface area contributed by atoms with E-state index in [4.69, 9.17) is 11.5 Å². The van der Waals surface area contributed by atoms with Crippen LogP contribution in [0.15, 0.2) is 29.8 Å². The lowest BCUT2D eigenvalue weighted by atomic mass is 10.1. The molecule has 0 aliphatic rings. The Morgan fingerprint density at radius 2 is 1.85 bits per heavy atom. The quantitative estimate of drug-likeness (QED) is 0.524. The van der Waals surface area contributed by atoms with E-state index in [-0.39, 0.29) is 0 Å². The number of hydrogen-bond donors (Lipinski definition) is 2. The van der Waals surface area contributed by atoms with Crippen molar-refractivity contribution in [3.8, 4) is 0 Å². The predicted octanol–water partition coefficient (Wildman–Crippen LogP) is 1.16. The van der Waals surface area contributed by atoms with E-state index in [1.807, 2.05) is 12.1 Å². The number of hydrogen-bond acceptors (Lipinski definition) is 2. The smallest absolute Gasteiger partial charge is 0.244 e. The van der Waals surface area contributed by atoms with Crippen molar-refractivity contribution in [1.82, 2.24) is 0 Å². The molecule has 1 aromatic rings. The van der Waals surface area contributed by atoms with Crippen LogP contribution >= 0.6 is 0 Å². The molecule has 68 valence electrons. The van der Waals surface area contributed by atoms with E-state index >= 15 is 0 Å². The summed E-state index contributed by atoms with van der Waals surface area (Å²) < 4.78 is 0. The lowest BCUT2D eigenvalue weighted by Gasteiger charge is -1.96. The molecule has 0 unspecified atom stereocenters. The van der Waals surface area contributed by atoms with Gasteiger partial charge in [-0.2, -0.15) is 0 Å². The van der Waals surface area contributed by atoms with Crippen LogP contribution in [0, 0.1) is 0 Å². The zero-order valence-electron chi connectivity index (χ0n) is 7.45. The second-order valence-corrected chi connectivity index (χ2v) is 2.86. The van der Waals surface area contributed by atoms with E-state index in [1.54, 1.807) is 25.1 Å². The van der Waals surface area contributed by atoms with Gasteiger partial charge >= 0.3 is 0 Å². The summed E-state index contributed by atoms with van der Waals surface area (Å²) in [6, 6.07) is 7.23. The van der Waals surface area contributed by atoms with Gasteiger partial charge in [0.2, 0.25) is 5.91 Å². The largest absolute Gasteiger partial charge is 0.399 e. The number of amides is 1. The van der Waals surface area contributed by atoms with Crippen LogP contribution in [0.4, 0.5) is 5.69 Å². The molecule has 0 radical (unpaired) electrons. The van der Waals surface area contributed by atoms with Crippen molar-refractivity contribution in [1.29, 1.82) is 0 Å². The van der Waals surface area contributed by atoms with Crippen LogP contribution in [0.1, 0.15) is 12.5 Å². The number of benzene rings is 1. The number of rotatable bonds is 2. The lowest BCUT2D eigenvalue weighted by Crippen LogP contribution is -2.11. The Kier molecular flexibility index (Phi) is 2.69. The third-order valence-electron chi connectivity index (χ3n) is 1.71. The molecule has 1 amide bonds. The van der Waals surface area contributed by atoms with Gasteiger partial charge in [0, 0.05) is 11.3 Å². The second-order valence-electron chi connectivity index (χ2n) is 2.86. The Labute approximate surface area is 77.0 Å². The minimum Gasteiger partial charge on any atom is -0.399 e. The van der Waals surface area contributed by atoms with Crippen LogP contribution in [-0.4, -0.2) is 5.91 Å². The van der Waals surface area contributed by atoms with E-state index in [1.165, 1.54) is 0 Å². The summed E-state index contributed by atoms with van der Waals surface area (Å²) >= 11 is 0. The highest BCUT2D eigenvalue weighted by Gasteiger charge is 1.96. The third kappa shape index (κ3) is 2.63. The monoisotopic (exact) mass is 176 g/mol. The lowest BCUT2D eigenvalue weighted by molar-refractivity contribution is -0.114. The molecule has 0 heterocycles. The zero-order chi connectivity index (χ0) is 9.84. The van der Waals surface area contributed by atoms with Crippen LogP contribution in [-0.2, 0) is 4.79 Å². The summed E-state index contributed by atoms with van der Waals surface area (Å²) in [6.07, 6.45) is 1.72.